The number of methoxy groups -OCH3 is 3. The van der Waals surface area contributed by atoms with E-state index in [0.717, 1.165) is 22.3 Å². The number of hydrogen-bond donors (Lipinski definition) is 5. The fourth-order valence-corrected chi connectivity index (χ4v) is 6.30. The van der Waals surface area contributed by atoms with Gasteiger partial charge in [-0.15, -0.1) is 0 Å². The van der Waals surface area contributed by atoms with E-state index < -0.39 is 17.9 Å². The average Bonchev–Trinajstić information content (AvgIpc) is 3.35. The van der Waals surface area contributed by atoms with Crippen LogP contribution in [0, 0.1) is 11.8 Å². The summed E-state index contributed by atoms with van der Waals surface area (Å²) in [4.78, 5) is 0. The number of rotatable bonds is 8. The van der Waals surface area contributed by atoms with Gasteiger partial charge in [0, 0.05) is 24.7 Å². The maximum absolute atomic E-state index is 10.7. The van der Waals surface area contributed by atoms with E-state index in [2.05, 4.69) is 0 Å². The lowest BCUT2D eigenvalue weighted by atomic mass is 9.64. The molecule has 0 fully saturated rings. The Morgan fingerprint density at radius 2 is 1.36 bits per heavy atom. The molecule has 0 radical (unpaired) electrons. The molecule has 1 aliphatic heterocycles. The molecule has 0 spiro atoms. The normalized spacial score (nSPS) is 23.5. The molecule has 5 atom stereocenters. The third-order valence-electron chi connectivity index (χ3n) is 8.17. The fourth-order valence-electron chi connectivity index (χ4n) is 6.30. The van der Waals surface area contributed by atoms with E-state index in [4.69, 9.17) is 18.9 Å². The first kappa shape index (κ1) is 26.9. The number of aliphatic hydroxyl groups is 3. The van der Waals surface area contributed by atoms with Crippen molar-refractivity contribution in [1.82, 2.24) is 0 Å². The number of hydrogen-bond acceptors (Lipinski definition) is 9. The fraction of sp³-hybridized carbons (Fsp3) is 0.400. The first-order valence-electron chi connectivity index (χ1n) is 12.9. The van der Waals surface area contributed by atoms with Crippen molar-refractivity contribution in [1.29, 1.82) is 0 Å². The molecule has 0 unspecified atom stereocenters. The highest BCUT2D eigenvalue weighted by Gasteiger charge is 2.46. The molecule has 0 amide bonds. The predicted molar refractivity (Wildman–Crippen MR) is 142 cm³/mol. The number of phenolic OH excluding ortho intramolecular Hbond substituents is 2. The second-order valence-corrected chi connectivity index (χ2v) is 10.1. The van der Waals surface area contributed by atoms with Crippen molar-refractivity contribution in [2.45, 2.75) is 24.4 Å². The van der Waals surface area contributed by atoms with Gasteiger partial charge in [0.1, 0.15) is 6.10 Å². The van der Waals surface area contributed by atoms with Crippen LogP contribution in [0.2, 0.25) is 0 Å². The minimum atomic E-state index is -0.599. The van der Waals surface area contributed by atoms with Gasteiger partial charge in [0.15, 0.2) is 34.5 Å². The van der Waals surface area contributed by atoms with Crippen molar-refractivity contribution in [3.8, 4) is 34.5 Å². The van der Waals surface area contributed by atoms with Gasteiger partial charge in [-0.05, 0) is 70.8 Å². The van der Waals surface area contributed by atoms with Crippen LogP contribution in [0.4, 0.5) is 0 Å². The van der Waals surface area contributed by atoms with Crippen LogP contribution in [0.15, 0.2) is 42.5 Å². The molecular weight excluding hydrogens is 504 g/mol. The number of aromatic hydroxyl groups is 2. The van der Waals surface area contributed by atoms with Gasteiger partial charge >= 0.3 is 0 Å². The van der Waals surface area contributed by atoms with Gasteiger partial charge in [-0.2, -0.15) is 0 Å². The molecule has 0 aromatic heterocycles. The van der Waals surface area contributed by atoms with Crippen LogP contribution in [-0.4, -0.2) is 66.7 Å². The third kappa shape index (κ3) is 4.40. The van der Waals surface area contributed by atoms with Gasteiger partial charge in [0.2, 0.25) is 0 Å². The first-order valence-corrected chi connectivity index (χ1v) is 12.9. The van der Waals surface area contributed by atoms with Gasteiger partial charge < -0.3 is 44.5 Å². The number of fused-ring (bicyclic) bond motifs is 3. The van der Waals surface area contributed by atoms with Crippen molar-refractivity contribution in [2.24, 2.45) is 11.8 Å². The second-order valence-electron chi connectivity index (χ2n) is 10.1. The van der Waals surface area contributed by atoms with E-state index in [1.807, 2.05) is 6.07 Å². The van der Waals surface area contributed by atoms with Crippen LogP contribution in [0.25, 0.3) is 0 Å². The molecule has 3 aromatic rings. The van der Waals surface area contributed by atoms with Gasteiger partial charge in [-0.25, -0.2) is 0 Å². The minimum absolute atomic E-state index is 0.00514. The highest BCUT2D eigenvalue weighted by Crippen LogP contribution is 2.58. The van der Waals surface area contributed by atoms with Crippen molar-refractivity contribution < 1.29 is 44.5 Å². The van der Waals surface area contributed by atoms with Gasteiger partial charge in [-0.1, -0.05) is 12.1 Å². The highest BCUT2D eigenvalue weighted by molar-refractivity contribution is 5.63. The zero-order chi connectivity index (χ0) is 27.8. The largest absolute Gasteiger partial charge is 0.504 e. The zero-order valence-corrected chi connectivity index (χ0v) is 22.1. The molecule has 0 saturated heterocycles. The molecule has 9 nitrogen and oxygen atoms in total. The van der Waals surface area contributed by atoms with Crippen LogP contribution < -0.4 is 18.9 Å². The highest BCUT2D eigenvalue weighted by atomic mass is 16.5. The number of aliphatic hydroxyl groups excluding tert-OH is 3. The minimum Gasteiger partial charge on any atom is -0.504 e. The molecule has 9 heteroatoms. The summed E-state index contributed by atoms with van der Waals surface area (Å²) in [7, 11) is 4.50. The SMILES string of the molecule is COc1cc([C@H]2c3c(cc(OC)c4c3[C@@H](CO)[C@@H](c3ccc(O)c(OC)c3)O4)C[C@@H](CO)[C@@H]2CO)ccc1O. The second kappa shape index (κ2) is 10.8. The van der Waals surface area contributed by atoms with Crippen molar-refractivity contribution in [3.05, 3.63) is 70.3 Å². The third-order valence-corrected chi connectivity index (χ3v) is 8.17. The standard InChI is InChI=1S/C30H34O9/c1-36-23-9-15(4-6-21(23)34)26-19(13-32)18(12-31)8-17-11-25(38-3)30-28(27(17)26)20(14-33)29(39-30)16-5-7-22(35)24(10-16)37-2/h4-7,9-11,18-20,26,29,31-35H,8,12-14H2,1-3H3/t18-,19-,20+,26+,29+/m0/s1. The molecule has 1 aliphatic carbocycles. The van der Waals surface area contributed by atoms with E-state index in [9.17, 15) is 25.5 Å². The summed E-state index contributed by atoms with van der Waals surface area (Å²) >= 11 is 0. The molecule has 0 bridgehead atoms. The van der Waals surface area contributed by atoms with E-state index in [-0.39, 0.29) is 48.9 Å². The summed E-state index contributed by atoms with van der Waals surface area (Å²) in [6.45, 7) is -0.534. The molecule has 5 rings (SSSR count). The van der Waals surface area contributed by atoms with Crippen molar-refractivity contribution >= 4 is 0 Å². The first-order chi connectivity index (χ1) is 18.9. The topological polar surface area (TPSA) is 138 Å². The van der Waals surface area contributed by atoms with Gasteiger partial charge in [-0.3, -0.25) is 0 Å². The molecule has 2 aliphatic rings. The quantitative estimate of drug-likeness (QED) is 0.293. The number of phenols is 2. The Kier molecular flexibility index (Phi) is 7.48. The Morgan fingerprint density at radius 3 is 1.92 bits per heavy atom. The zero-order valence-electron chi connectivity index (χ0n) is 22.1. The van der Waals surface area contributed by atoms with Gasteiger partial charge in [0.05, 0.1) is 33.9 Å². The number of benzene rings is 3. The van der Waals surface area contributed by atoms with E-state index >= 15 is 0 Å². The maximum atomic E-state index is 10.7. The van der Waals surface area contributed by atoms with Crippen LogP contribution in [0.3, 0.4) is 0 Å². The summed E-state index contributed by atoms with van der Waals surface area (Å²) in [5.41, 5.74) is 4.10. The Bertz CT molecular complexity index is 1350. The number of ether oxygens (including phenoxy) is 4. The lowest BCUT2D eigenvalue weighted by Gasteiger charge is -2.40. The molecular formula is C30H34O9. The summed E-state index contributed by atoms with van der Waals surface area (Å²) in [6.07, 6.45) is -0.0968. The summed E-state index contributed by atoms with van der Waals surface area (Å²) < 4.78 is 22.9. The summed E-state index contributed by atoms with van der Waals surface area (Å²) in [6, 6.07) is 11.9. The van der Waals surface area contributed by atoms with E-state index in [1.54, 1.807) is 37.4 Å². The lowest BCUT2D eigenvalue weighted by Crippen LogP contribution is -2.36. The Labute approximate surface area is 226 Å². The molecule has 3 aromatic carbocycles. The van der Waals surface area contributed by atoms with E-state index in [0.29, 0.717) is 29.2 Å². The predicted octanol–water partition coefficient (Wildman–Crippen LogP) is 3.24. The van der Waals surface area contributed by atoms with Crippen LogP contribution in [0.5, 0.6) is 34.5 Å². The Hall–Kier alpha value is -3.66. The van der Waals surface area contributed by atoms with Crippen LogP contribution in [-0.2, 0) is 6.42 Å². The van der Waals surface area contributed by atoms with Crippen LogP contribution in [0.1, 0.15) is 45.8 Å². The molecule has 5 N–H and O–H groups in total. The van der Waals surface area contributed by atoms with Crippen molar-refractivity contribution in [3.63, 3.8) is 0 Å². The molecule has 208 valence electrons. The molecule has 39 heavy (non-hydrogen) atoms. The Balaban J connectivity index is 1.75. The monoisotopic (exact) mass is 538 g/mol. The average molecular weight is 539 g/mol. The maximum Gasteiger partial charge on any atom is 0.166 e. The van der Waals surface area contributed by atoms with Crippen LogP contribution >= 0.6 is 0 Å². The Morgan fingerprint density at radius 1 is 0.744 bits per heavy atom. The summed E-state index contributed by atoms with van der Waals surface area (Å²) in [5.74, 6) is 0.121. The molecule has 1 heterocycles. The van der Waals surface area contributed by atoms with E-state index in [1.165, 1.54) is 20.3 Å². The lowest BCUT2D eigenvalue weighted by molar-refractivity contribution is 0.101. The molecule has 0 saturated carbocycles. The van der Waals surface area contributed by atoms with Gasteiger partial charge in [0.25, 0.3) is 0 Å². The smallest absolute Gasteiger partial charge is 0.166 e. The van der Waals surface area contributed by atoms with Crippen molar-refractivity contribution in [2.75, 3.05) is 41.2 Å². The summed E-state index contributed by atoms with van der Waals surface area (Å²) in [5, 5.41) is 52.0.